The quantitative estimate of drug-likeness (QED) is 0.606. The first-order valence-electron chi connectivity index (χ1n) is 9.70. The van der Waals surface area contributed by atoms with Gasteiger partial charge in [0.05, 0.1) is 24.2 Å². The zero-order valence-corrected chi connectivity index (χ0v) is 16.5. The Labute approximate surface area is 165 Å². The van der Waals surface area contributed by atoms with Gasteiger partial charge in [0.15, 0.2) is 0 Å². The minimum Gasteiger partial charge on any atom is -0.494 e. The number of aromatic nitrogens is 2. The maximum absolute atomic E-state index is 5.91. The smallest absolute Gasteiger partial charge is 0.123 e. The van der Waals surface area contributed by atoms with Gasteiger partial charge >= 0.3 is 0 Å². The van der Waals surface area contributed by atoms with Crippen molar-refractivity contribution < 1.29 is 4.74 Å². The summed E-state index contributed by atoms with van der Waals surface area (Å²) in [6.45, 7) is 3.97. The van der Waals surface area contributed by atoms with Crippen LogP contribution in [0.25, 0.3) is 11.0 Å². The molecule has 1 aliphatic heterocycles. The van der Waals surface area contributed by atoms with Crippen LogP contribution in [0.4, 0.5) is 0 Å². The third-order valence-electron chi connectivity index (χ3n) is 5.56. The molecule has 0 N–H and O–H groups in total. The Morgan fingerprint density at radius 1 is 1.07 bits per heavy atom. The highest BCUT2D eigenvalue weighted by Crippen LogP contribution is 2.24. The second kappa shape index (κ2) is 8.32. The van der Waals surface area contributed by atoms with Gasteiger partial charge in [-0.25, -0.2) is 4.98 Å². The lowest BCUT2D eigenvalue weighted by molar-refractivity contribution is 0.154. The Morgan fingerprint density at radius 2 is 1.81 bits per heavy atom. The monoisotopic (exact) mass is 383 g/mol. The number of hydrogen-bond donors (Lipinski definition) is 0. The average molecular weight is 384 g/mol. The van der Waals surface area contributed by atoms with Gasteiger partial charge in [0.1, 0.15) is 11.6 Å². The number of likely N-dealkylation sites (tertiary alicyclic amines) is 1. The molecule has 27 heavy (non-hydrogen) atoms. The lowest BCUT2D eigenvalue weighted by Gasteiger charge is -2.31. The number of piperidine rings is 1. The first-order valence-corrected chi connectivity index (χ1v) is 10.1. The van der Waals surface area contributed by atoms with Crippen LogP contribution >= 0.6 is 11.6 Å². The van der Waals surface area contributed by atoms with E-state index in [1.807, 2.05) is 24.3 Å². The second-order valence-corrected chi connectivity index (χ2v) is 7.82. The van der Waals surface area contributed by atoms with Crippen molar-refractivity contribution in [2.45, 2.75) is 25.8 Å². The van der Waals surface area contributed by atoms with Crippen LogP contribution in [0.15, 0.2) is 48.5 Å². The topological polar surface area (TPSA) is 30.3 Å². The number of benzene rings is 2. The van der Waals surface area contributed by atoms with Gasteiger partial charge in [-0.05, 0) is 74.7 Å². The predicted octanol–water partition coefficient (Wildman–Crippen LogP) is 4.91. The molecule has 0 bridgehead atoms. The molecule has 2 aromatic carbocycles. The van der Waals surface area contributed by atoms with E-state index in [9.17, 15) is 0 Å². The number of ether oxygens (including phenoxy) is 1. The van der Waals surface area contributed by atoms with Gasteiger partial charge in [-0.3, -0.25) is 4.90 Å². The van der Waals surface area contributed by atoms with Gasteiger partial charge in [-0.1, -0.05) is 23.7 Å². The molecule has 1 aliphatic rings. The van der Waals surface area contributed by atoms with E-state index in [0.717, 1.165) is 60.7 Å². The summed E-state index contributed by atoms with van der Waals surface area (Å²) in [6.07, 6.45) is 3.57. The van der Waals surface area contributed by atoms with Crippen LogP contribution in [0.2, 0.25) is 5.02 Å². The number of aryl methyl sites for hydroxylation is 1. The van der Waals surface area contributed by atoms with Gasteiger partial charge < -0.3 is 9.30 Å². The summed E-state index contributed by atoms with van der Waals surface area (Å²) in [5.41, 5.74) is 2.30. The zero-order chi connectivity index (χ0) is 18.6. The van der Waals surface area contributed by atoms with E-state index in [-0.39, 0.29) is 0 Å². The van der Waals surface area contributed by atoms with Crippen molar-refractivity contribution in [3.8, 4) is 5.75 Å². The zero-order valence-electron chi connectivity index (χ0n) is 15.8. The summed E-state index contributed by atoms with van der Waals surface area (Å²) >= 11 is 5.91. The van der Waals surface area contributed by atoms with Crippen molar-refractivity contribution in [1.29, 1.82) is 0 Å². The molecule has 0 radical (unpaired) electrons. The molecule has 4 rings (SSSR count). The fraction of sp³-hybridized carbons (Fsp3) is 0.409. The molecule has 1 aromatic heterocycles. The fourth-order valence-electron chi connectivity index (χ4n) is 3.84. The summed E-state index contributed by atoms with van der Waals surface area (Å²) in [5, 5.41) is 0.746. The number of hydrogen-bond acceptors (Lipinski definition) is 3. The van der Waals surface area contributed by atoms with Gasteiger partial charge in [-0.15, -0.1) is 0 Å². The van der Waals surface area contributed by atoms with Crippen LogP contribution in [0.3, 0.4) is 0 Å². The Bertz CT molecular complexity index is 882. The Kier molecular flexibility index (Phi) is 5.65. The molecule has 4 nitrogen and oxygen atoms in total. The lowest BCUT2D eigenvalue weighted by Crippen LogP contribution is -2.34. The Balaban J connectivity index is 1.24. The Morgan fingerprint density at radius 3 is 2.56 bits per heavy atom. The number of halogens is 1. The van der Waals surface area contributed by atoms with E-state index in [4.69, 9.17) is 21.3 Å². The molecule has 0 spiro atoms. The molecule has 0 aliphatic carbocycles. The molecule has 0 atom stereocenters. The summed E-state index contributed by atoms with van der Waals surface area (Å²) < 4.78 is 8.07. The van der Waals surface area contributed by atoms with Crippen LogP contribution in [0.1, 0.15) is 25.1 Å². The maximum atomic E-state index is 5.91. The first-order chi connectivity index (χ1) is 13.2. The van der Waals surface area contributed by atoms with Crippen molar-refractivity contribution in [2.75, 3.05) is 19.7 Å². The third-order valence-corrected chi connectivity index (χ3v) is 5.81. The van der Waals surface area contributed by atoms with E-state index in [0.29, 0.717) is 0 Å². The van der Waals surface area contributed by atoms with Gasteiger partial charge in [0, 0.05) is 12.1 Å². The highest BCUT2D eigenvalue weighted by molar-refractivity contribution is 6.30. The molecule has 0 unspecified atom stereocenters. The van der Waals surface area contributed by atoms with Crippen molar-refractivity contribution in [3.05, 3.63) is 59.4 Å². The van der Waals surface area contributed by atoms with Gasteiger partial charge in [0.2, 0.25) is 0 Å². The summed E-state index contributed by atoms with van der Waals surface area (Å²) in [7, 11) is 2.12. The Hall–Kier alpha value is -2.04. The third kappa shape index (κ3) is 4.45. The molecule has 142 valence electrons. The molecule has 2 heterocycles. The predicted molar refractivity (Wildman–Crippen MR) is 110 cm³/mol. The number of imidazole rings is 1. The molecule has 1 fully saturated rings. The van der Waals surface area contributed by atoms with E-state index in [2.05, 4.69) is 40.8 Å². The average Bonchev–Trinajstić information content (AvgIpc) is 3.01. The molecule has 0 amide bonds. The summed E-state index contributed by atoms with van der Waals surface area (Å²) in [6, 6.07) is 16.0. The van der Waals surface area contributed by atoms with Crippen molar-refractivity contribution in [1.82, 2.24) is 14.5 Å². The number of nitrogens with zero attached hydrogens (tertiary/aromatic N) is 3. The molecule has 0 saturated carbocycles. The van der Waals surface area contributed by atoms with Crippen LogP contribution in [0.5, 0.6) is 5.75 Å². The van der Waals surface area contributed by atoms with Crippen LogP contribution in [0, 0.1) is 5.92 Å². The van der Waals surface area contributed by atoms with Crippen molar-refractivity contribution >= 4 is 22.6 Å². The minimum atomic E-state index is 0.744. The molecule has 1 saturated heterocycles. The fourth-order valence-corrected chi connectivity index (χ4v) is 3.97. The highest BCUT2D eigenvalue weighted by atomic mass is 35.5. The second-order valence-electron chi connectivity index (χ2n) is 7.39. The largest absolute Gasteiger partial charge is 0.494 e. The number of para-hydroxylation sites is 2. The van der Waals surface area contributed by atoms with Crippen molar-refractivity contribution in [3.63, 3.8) is 0 Å². The SMILES string of the molecule is Cn1c(CN2CCC(CCOc3ccc(Cl)cc3)CC2)nc2ccccc21. The van der Waals surface area contributed by atoms with Crippen LogP contribution in [-0.4, -0.2) is 34.1 Å². The molecule has 5 heteroatoms. The normalized spacial score (nSPS) is 16.1. The van der Waals surface area contributed by atoms with E-state index in [1.165, 1.54) is 18.4 Å². The minimum absolute atomic E-state index is 0.744. The van der Waals surface area contributed by atoms with Crippen molar-refractivity contribution in [2.24, 2.45) is 13.0 Å². The lowest BCUT2D eigenvalue weighted by atomic mass is 9.94. The summed E-state index contributed by atoms with van der Waals surface area (Å²) in [5.74, 6) is 2.80. The van der Waals surface area contributed by atoms with E-state index < -0.39 is 0 Å². The molecular formula is C22H26ClN3O. The first kappa shape index (κ1) is 18.3. The molecule has 3 aromatic rings. The van der Waals surface area contributed by atoms with Crippen LogP contribution < -0.4 is 4.74 Å². The van der Waals surface area contributed by atoms with Gasteiger partial charge in [0.25, 0.3) is 0 Å². The summed E-state index contributed by atoms with van der Waals surface area (Å²) in [4.78, 5) is 7.33. The standard InChI is InChI=1S/C22H26ClN3O/c1-25-21-5-3-2-4-20(21)24-22(25)16-26-13-10-17(11-14-26)12-15-27-19-8-6-18(23)7-9-19/h2-9,17H,10-16H2,1H3. The number of fused-ring (bicyclic) bond motifs is 1. The maximum Gasteiger partial charge on any atom is 0.123 e. The number of rotatable bonds is 6. The van der Waals surface area contributed by atoms with Gasteiger partial charge in [-0.2, -0.15) is 0 Å². The van der Waals surface area contributed by atoms with E-state index >= 15 is 0 Å². The van der Waals surface area contributed by atoms with E-state index in [1.54, 1.807) is 0 Å². The van der Waals surface area contributed by atoms with Crippen LogP contribution in [-0.2, 0) is 13.6 Å². The highest BCUT2D eigenvalue weighted by Gasteiger charge is 2.21. The molecular weight excluding hydrogens is 358 g/mol.